The molecular formula is C20H19NO7. The van der Waals surface area contributed by atoms with E-state index in [-0.39, 0.29) is 11.3 Å². The Morgan fingerprint density at radius 2 is 1.68 bits per heavy atom. The number of phenolic OH excluding ortho intramolecular Hbond substituents is 1. The van der Waals surface area contributed by atoms with E-state index in [9.17, 15) is 19.5 Å². The number of ether oxygens (including phenoxy) is 2. The molecule has 0 saturated heterocycles. The molecule has 3 N–H and O–H groups in total. The normalized spacial score (nSPS) is 12.9. The van der Waals surface area contributed by atoms with Crippen molar-refractivity contribution in [2.75, 3.05) is 7.11 Å². The molecule has 8 heteroatoms. The third-order valence-corrected chi connectivity index (χ3v) is 3.71. The quantitative estimate of drug-likeness (QED) is 0.626. The van der Waals surface area contributed by atoms with Gasteiger partial charge in [0, 0.05) is 18.7 Å². The number of imide groups is 1. The lowest BCUT2D eigenvalue weighted by Gasteiger charge is -2.24. The number of nitrogens with one attached hydrogen (secondary N) is 1. The maximum absolute atomic E-state index is 12.2. The van der Waals surface area contributed by atoms with Crippen LogP contribution in [-0.4, -0.2) is 41.4 Å². The molecule has 2 atom stereocenters. The summed E-state index contributed by atoms with van der Waals surface area (Å²) >= 11 is 0. The minimum Gasteiger partial charge on any atom is -0.508 e. The van der Waals surface area contributed by atoms with Crippen molar-refractivity contribution in [2.45, 2.75) is 12.2 Å². The number of hydrogen-bond acceptors (Lipinski definition) is 6. The summed E-state index contributed by atoms with van der Waals surface area (Å²) in [5.74, 6) is -1.85. The van der Waals surface area contributed by atoms with Crippen LogP contribution in [0.1, 0.15) is 22.0 Å². The van der Waals surface area contributed by atoms with Crippen LogP contribution in [0, 0.1) is 0 Å². The molecule has 0 heterocycles. The Balaban J connectivity index is 2.20. The van der Waals surface area contributed by atoms with Gasteiger partial charge < -0.3 is 19.7 Å². The molecule has 0 aliphatic carbocycles. The highest BCUT2D eigenvalue weighted by atomic mass is 16.6. The second-order valence-electron chi connectivity index (χ2n) is 5.64. The zero-order valence-electron chi connectivity index (χ0n) is 14.9. The van der Waals surface area contributed by atoms with Gasteiger partial charge in [0.15, 0.2) is 6.10 Å². The van der Waals surface area contributed by atoms with Crippen LogP contribution in [0.4, 0.5) is 4.79 Å². The third kappa shape index (κ3) is 5.96. The van der Waals surface area contributed by atoms with Crippen molar-refractivity contribution in [3.8, 4) is 5.75 Å². The summed E-state index contributed by atoms with van der Waals surface area (Å²) in [4.78, 5) is 35.1. The summed E-state index contributed by atoms with van der Waals surface area (Å²) in [5, 5.41) is 20.4. The van der Waals surface area contributed by atoms with E-state index in [1.165, 1.54) is 49.6 Å². The topological polar surface area (TPSA) is 122 Å². The van der Waals surface area contributed by atoms with Crippen molar-refractivity contribution < 1.29 is 34.1 Å². The predicted molar refractivity (Wildman–Crippen MR) is 98.8 cm³/mol. The highest BCUT2D eigenvalue weighted by Gasteiger charge is 2.26. The Morgan fingerprint density at radius 3 is 2.25 bits per heavy atom. The SMILES string of the molecule is CO[C@@H](/C=C/C(=O)O)[C@@H](OC(=O)NC(=O)c1ccccc1)c1ccc(O)cc1. The highest BCUT2D eigenvalue weighted by Crippen LogP contribution is 2.26. The lowest BCUT2D eigenvalue weighted by molar-refractivity contribution is -0.131. The molecule has 2 amide bonds. The van der Waals surface area contributed by atoms with Crippen LogP contribution >= 0.6 is 0 Å². The molecule has 0 aliphatic heterocycles. The molecule has 2 aromatic carbocycles. The first-order chi connectivity index (χ1) is 13.4. The molecule has 0 unspecified atom stereocenters. The Hall–Kier alpha value is -3.65. The fraction of sp³-hybridized carbons (Fsp3) is 0.150. The van der Waals surface area contributed by atoms with Crippen molar-refractivity contribution >= 4 is 18.0 Å². The maximum Gasteiger partial charge on any atom is 0.414 e. The Kier molecular flexibility index (Phi) is 7.29. The van der Waals surface area contributed by atoms with Crippen molar-refractivity contribution in [3.63, 3.8) is 0 Å². The molecule has 0 saturated carbocycles. The van der Waals surface area contributed by atoms with E-state index in [2.05, 4.69) is 5.32 Å². The average molecular weight is 385 g/mol. The van der Waals surface area contributed by atoms with Gasteiger partial charge >= 0.3 is 12.1 Å². The molecule has 2 rings (SSSR count). The first kappa shape index (κ1) is 20.7. The number of carboxylic acid groups (broad SMARTS) is 1. The molecule has 2 aromatic rings. The average Bonchev–Trinajstić information content (AvgIpc) is 2.68. The molecular weight excluding hydrogens is 366 g/mol. The maximum atomic E-state index is 12.2. The fourth-order valence-corrected chi connectivity index (χ4v) is 2.37. The van der Waals surface area contributed by atoms with E-state index >= 15 is 0 Å². The largest absolute Gasteiger partial charge is 0.508 e. The van der Waals surface area contributed by atoms with Crippen molar-refractivity contribution in [1.29, 1.82) is 0 Å². The van der Waals surface area contributed by atoms with Crippen LogP contribution < -0.4 is 5.32 Å². The van der Waals surface area contributed by atoms with Gasteiger partial charge in [0.25, 0.3) is 5.91 Å². The van der Waals surface area contributed by atoms with Crippen molar-refractivity contribution in [1.82, 2.24) is 5.32 Å². The van der Waals surface area contributed by atoms with Crippen LogP contribution in [0.5, 0.6) is 5.75 Å². The van der Waals surface area contributed by atoms with E-state index in [4.69, 9.17) is 14.6 Å². The number of benzene rings is 2. The molecule has 0 spiro atoms. The van der Waals surface area contributed by atoms with Gasteiger partial charge in [-0.15, -0.1) is 0 Å². The van der Waals surface area contributed by atoms with Crippen LogP contribution in [0.3, 0.4) is 0 Å². The molecule has 0 aliphatic rings. The molecule has 0 aromatic heterocycles. The minimum atomic E-state index is -1.20. The molecule has 0 fully saturated rings. The third-order valence-electron chi connectivity index (χ3n) is 3.71. The van der Waals surface area contributed by atoms with Gasteiger partial charge in [-0.05, 0) is 35.9 Å². The number of rotatable bonds is 7. The summed E-state index contributed by atoms with van der Waals surface area (Å²) < 4.78 is 10.6. The minimum absolute atomic E-state index is 0.00116. The highest BCUT2D eigenvalue weighted by molar-refractivity contribution is 6.02. The number of aliphatic carboxylic acids is 1. The second kappa shape index (κ2) is 9.89. The van der Waals surface area contributed by atoms with Crippen molar-refractivity contribution in [3.05, 3.63) is 77.9 Å². The molecule has 0 bridgehead atoms. The number of alkyl carbamates (subject to hydrolysis) is 1. The zero-order valence-corrected chi connectivity index (χ0v) is 14.9. The van der Waals surface area contributed by atoms with Gasteiger partial charge in [-0.2, -0.15) is 0 Å². The first-order valence-electron chi connectivity index (χ1n) is 8.20. The lowest BCUT2D eigenvalue weighted by atomic mass is 10.0. The van der Waals surface area contributed by atoms with E-state index in [0.717, 1.165) is 6.08 Å². The molecule has 0 radical (unpaired) electrons. The fourth-order valence-electron chi connectivity index (χ4n) is 2.37. The first-order valence-corrected chi connectivity index (χ1v) is 8.20. The van der Waals surface area contributed by atoms with Crippen LogP contribution in [0.2, 0.25) is 0 Å². The van der Waals surface area contributed by atoms with E-state index in [1.54, 1.807) is 18.2 Å². The zero-order chi connectivity index (χ0) is 20.5. The Bertz CT molecular complexity index is 847. The van der Waals surface area contributed by atoms with E-state index < -0.39 is 30.2 Å². The van der Waals surface area contributed by atoms with Gasteiger partial charge in [0.05, 0.1) is 0 Å². The van der Waals surface area contributed by atoms with Crippen LogP contribution in [0.25, 0.3) is 0 Å². The second-order valence-corrected chi connectivity index (χ2v) is 5.64. The summed E-state index contributed by atoms with van der Waals surface area (Å²) in [6.07, 6.45) is -0.967. The van der Waals surface area contributed by atoms with Gasteiger partial charge in [-0.25, -0.2) is 9.59 Å². The summed E-state index contributed by atoms with van der Waals surface area (Å²) in [7, 11) is 1.32. The number of carbonyl (C=O) groups is 3. The summed E-state index contributed by atoms with van der Waals surface area (Å²) in [6, 6.07) is 13.8. The number of amides is 2. The monoisotopic (exact) mass is 385 g/mol. The van der Waals surface area contributed by atoms with Gasteiger partial charge in [0.2, 0.25) is 0 Å². The van der Waals surface area contributed by atoms with Crippen molar-refractivity contribution in [2.24, 2.45) is 0 Å². The predicted octanol–water partition coefficient (Wildman–Crippen LogP) is 2.66. The number of hydrogen-bond donors (Lipinski definition) is 3. The van der Waals surface area contributed by atoms with E-state index in [1.807, 2.05) is 0 Å². The van der Waals surface area contributed by atoms with Gasteiger partial charge in [0.1, 0.15) is 11.9 Å². The Morgan fingerprint density at radius 1 is 1.04 bits per heavy atom. The van der Waals surface area contributed by atoms with E-state index in [0.29, 0.717) is 5.56 Å². The number of phenols is 1. The Labute approximate surface area is 161 Å². The summed E-state index contributed by atoms with van der Waals surface area (Å²) in [6.45, 7) is 0. The van der Waals surface area contributed by atoms with Crippen LogP contribution in [-0.2, 0) is 14.3 Å². The molecule has 8 nitrogen and oxygen atoms in total. The smallest absolute Gasteiger partial charge is 0.414 e. The standard InChI is InChI=1S/C20H19NO7/c1-27-16(11-12-17(23)24)18(13-7-9-15(22)10-8-13)28-20(26)21-19(25)14-5-3-2-4-6-14/h2-12,16,18,22H,1H3,(H,23,24)(H,21,25,26)/b12-11+/t16-,18-/m0/s1. The van der Waals surface area contributed by atoms with Gasteiger partial charge in [-0.3, -0.25) is 10.1 Å². The summed E-state index contributed by atoms with van der Waals surface area (Å²) in [5.41, 5.74) is 0.705. The molecule has 28 heavy (non-hydrogen) atoms. The van der Waals surface area contributed by atoms with Gasteiger partial charge in [-0.1, -0.05) is 30.3 Å². The number of carbonyl (C=O) groups excluding carboxylic acids is 2. The number of aromatic hydroxyl groups is 1. The number of methoxy groups -OCH3 is 1. The van der Waals surface area contributed by atoms with Crippen LogP contribution in [0.15, 0.2) is 66.7 Å². The number of carboxylic acids is 1. The molecule has 146 valence electrons. The lowest BCUT2D eigenvalue weighted by Crippen LogP contribution is -2.34.